The summed E-state index contributed by atoms with van der Waals surface area (Å²) in [5.41, 5.74) is 3.69. The number of rotatable bonds is 7. The monoisotopic (exact) mass is 409 g/mol. The first-order valence-corrected chi connectivity index (χ1v) is 10.6. The zero-order valence-electron chi connectivity index (χ0n) is 16.4. The highest BCUT2D eigenvalue weighted by Gasteiger charge is 2.13. The van der Waals surface area contributed by atoms with Crippen LogP contribution in [-0.4, -0.2) is 51.9 Å². The zero-order chi connectivity index (χ0) is 20.4. The van der Waals surface area contributed by atoms with E-state index in [0.717, 1.165) is 41.6 Å². The molecule has 29 heavy (non-hydrogen) atoms. The molecule has 0 atom stereocenters. The van der Waals surface area contributed by atoms with Crippen molar-refractivity contribution in [3.8, 4) is 11.4 Å². The maximum absolute atomic E-state index is 12.5. The molecule has 1 amide bonds. The Morgan fingerprint density at radius 1 is 1.14 bits per heavy atom. The molecule has 4 rings (SSSR count). The number of carbonyl (C=O) groups excluding carboxylic acids is 1. The van der Waals surface area contributed by atoms with E-state index in [-0.39, 0.29) is 11.5 Å². The Kier molecular flexibility index (Phi) is 5.46. The van der Waals surface area contributed by atoms with Gasteiger partial charge in [0.2, 0.25) is 0 Å². The molecule has 0 aliphatic carbocycles. The van der Waals surface area contributed by atoms with Gasteiger partial charge in [-0.3, -0.25) is 9.59 Å². The number of benzene rings is 1. The van der Waals surface area contributed by atoms with Crippen molar-refractivity contribution in [1.29, 1.82) is 0 Å². The first-order chi connectivity index (χ1) is 14.1. The lowest BCUT2D eigenvalue weighted by molar-refractivity contribution is 0.0949. The van der Waals surface area contributed by atoms with Gasteiger partial charge in [-0.15, -0.1) is 11.3 Å². The van der Waals surface area contributed by atoms with Crippen LogP contribution in [0, 0.1) is 0 Å². The summed E-state index contributed by atoms with van der Waals surface area (Å²) >= 11 is 1.50. The molecule has 0 saturated carbocycles. The van der Waals surface area contributed by atoms with Crippen LogP contribution >= 0.6 is 11.3 Å². The van der Waals surface area contributed by atoms with Gasteiger partial charge in [-0.1, -0.05) is 13.8 Å². The number of aromatic amines is 2. The zero-order valence-corrected chi connectivity index (χ0v) is 17.2. The van der Waals surface area contributed by atoms with Crippen molar-refractivity contribution in [2.45, 2.75) is 13.8 Å². The maximum atomic E-state index is 12.5. The molecule has 1 aromatic carbocycles. The van der Waals surface area contributed by atoms with E-state index >= 15 is 0 Å². The summed E-state index contributed by atoms with van der Waals surface area (Å²) in [6, 6.07) is 7.34. The highest BCUT2D eigenvalue weighted by atomic mass is 32.1. The fraction of sp³-hybridized carbons (Fsp3) is 0.286. The Balaban J connectivity index is 1.56. The first-order valence-electron chi connectivity index (χ1n) is 9.69. The number of fused-ring (bicyclic) bond motifs is 2. The highest BCUT2D eigenvalue weighted by molar-refractivity contribution is 7.09. The van der Waals surface area contributed by atoms with Crippen LogP contribution in [0.4, 0.5) is 0 Å². The van der Waals surface area contributed by atoms with Gasteiger partial charge < -0.3 is 20.2 Å². The molecule has 8 heteroatoms. The van der Waals surface area contributed by atoms with E-state index in [4.69, 9.17) is 0 Å². The highest BCUT2D eigenvalue weighted by Crippen LogP contribution is 2.23. The minimum absolute atomic E-state index is 0.0996. The number of nitrogens with zero attached hydrogens (tertiary/aromatic N) is 2. The van der Waals surface area contributed by atoms with Crippen LogP contribution in [0.25, 0.3) is 33.3 Å². The molecule has 0 spiro atoms. The quantitative estimate of drug-likeness (QED) is 0.437. The lowest BCUT2D eigenvalue weighted by Gasteiger charge is -2.17. The summed E-state index contributed by atoms with van der Waals surface area (Å²) < 4.78 is 0. The topological polar surface area (TPSA) is 93.9 Å². The second-order valence-corrected chi connectivity index (χ2v) is 7.60. The Morgan fingerprint density at radius 3 is 2.76 bits per heavy atom. The molecule has 0 saturated heterocycles. The standard InChI is InChI=1S/C21H23N5O2S/c1-3-26(4-2)8-7-22-20(27)13-5-6-15-14(9-13)10-16(23-15)19-21(28)25-18-12-29-11-17(18)24-19/h5-6,9-12,23H,3-4,7-8H2,1-2H3,(H,22,27)(H,25,28). The lowest BCUT2D eigenvalue weighted by atomic mass is 10.1. The summed E-state index contributed by atoms with van der Waals surface area (Å²) in [6.07, 6.45) is 0. The molecule has 3 N–H and O–H groups in total. The van der Waals surface area contributed by atoms with Gasteiger partial charge in [0.1, 0.15) is 0 Å². The summed E-state index contributed by atoms with van der Waals surface area (Å²) in [6.45, 7) is 7.59. The third-order valence-corrected chi connectivity index (χ3v) is 5.81. The number of hydrogen-bond acceptors (Lipinski definition) is 5. The summed E-state index contributed by atoms with van der Waals surface area (Å²) in [4.78, 5) is 37.7. The molecule has 4 aromatic rings. The molecule has 150 valence electrons. The number of amides is 1. The van der Waals surface area contributed by atoms with E-state index in [1.165, 1.54) is 11.3 Å². The number of aromatic nitrogens is 3. The maximum Gasteiger partial charge on any atom is 0.276 e. The van der Waals surface area contributed by atoms with Crippen LogP contribution in [0.2, 0.25) is 0 Å². The molecule has 0 aliphatic heterocycles. The minimum Gasteiger partial charge on any atom is -0.353 e. The van der Waals surface area contributed by atoms with E-state index < -0.39 is 0 Å². The van der Waals surface area contributed by atoms with Gasteiger partial charge in [-0.2, -0.15) is 0 Å². The van der Waals surface area contributed by atoms with Gasteiger partial charge in [-0.05, 0) is 37.4 Å². The Morgan fingerprint density at radius 2 is 1.97 bits per heavy atom. The minimum atomic E-state index is -0.239. The Labute approximate surface area is 171 Å². The number of likely N-dealkylation sites (N-methyl/N-ethyl adjacent to an activating group) is 1. The second kappa shape index (κ2) is 8.18. The lowest BCUT2D eigenvalue weighted by Crippen LogP contribution is -2.34. The van der Waals surface area contributed by atoms with Crippen molar-refractivity contribution in [3.63, 3.8) is 0 Å². The molecule has 3 heterocycles. The average molecular weight is 410 g/mol. The smallest absolute Gasteiger partial charge is 0.276 e. The van der Waals surface area contributed by atoms with E-state index in [1.54, 1.807) is 6.07 Å². The van der Waals surface area contributed by atoms with Crippen LogP contribution < -0.4 is 10.9 Å². The molecule has 0 fully saturated rings. The fourth-order valence-electron chi connectivity index (χ4n) is 3.38. The summed E-state index contributed by atoms with van der Waals surface area (Å²) in [5.74, 6) is -0.0996. The van der Waals surface area contributed by atoms with Gasteiger partial charge in [0.25, 0.3) is 11.5 Å². The van der Waals surface area contributed by atoms with Gasteiger partial charge >= 0.3 is 0 Å². The molecular formula is C21H23N5O2S. The van der Waals surface area contributed by atoms with Gasteiger partial charge in [0.15, 0.2) is 5.69 Å². The van der Waals surface area contributed by atoms with Crippen LogP contribution in [0.3, 0.4) is 0 Å². The van der Waals surface area contributed by atoms with Crippen molar-refractivity contribution in [2.75, 3.05) is 26.2 Å². The van der Waals surface area contributed by atoms with Gasteiger partial charge in [0.05, 0.1) is 16.7 Å². The van der Waals surface area contributed by atoms with Gasteiger partial charge in [-0.25, -0.2) is 4.98 Å². The SMILES string of the molecule is CCN(CC)CCNC(=O)c1ccc2[nH]c(-c3nc4cscc4[nH]c3=O)cc2c1. The van der Waals surface area contributed by atoms with Crippen molar-refractivity contribution < 1.29 is 4.79 Å². The average Bonchev–Trinajstić information content (AvgIpc) is 3.35. The number of carbonyl (C=O) groups is 1. The molecule has 0 bridgehead atoms. The Hall–Kier alpha value is -2.97. The number of hydrogen-bond donors (Lipinski definition) is 3. The normalized spacial score (nSPS) is 11.6. The molecule has 0 radical (unpaired) electrons. The fourth-order valence-corrected chi connectivity index (χ4v) is 4.07. The molecule has 7 nitrogen and oxygen atoms in total. The largest absolute Gasteiger partial charge is 0.353 e. The summed E-state index contributed by atoms with van der Waals surface area (Å²) in [7, 11) is 0. The Bertz CT molecular complexity index is 1220. The van der Waals surface area contributed by atoms with E-state index in [1.807, 2.05) is 29.0 Å². The van der Waals surface area contributed by atoms with Crippen LogP contribution in [-0.2, 0) is 0 Å². The second-order valence-electron chi connectivity index (χ2n) is 6.85. The van der Waals surface area contributed by atoms with Crippen molar-refractivity contribution in [1.82, 2.24) is 25.2 Å². The molecular weight excluding hydrogens is 386 g/mol. The van der Waals surface area contributed by atoms with E-state index in [9.17, 15) is 9.59 Å². The summed E-state index contributed by atoms with van der Waals surface area (Å²) in [5, 5.41) is 7.60. The third kappa shape index (κ3) is 3.94. The van der Waals surface area contributed by atoms with E-state index in [2.05, 4.69) is 39.0 Å². The van der Waals surface area contributed by atoms with Crippen molar-refractivity contribution in [2.24, 2.45) is 0 Å². The number of nitrogens with one attached hydrogen (secondary N) is 3. The predicted octanol–water partition coefficient (Wildman–Crippen LogP) is 3.20. The van der Waals surface area contributed by atoms with Crippen LogP contribution in [0.1, 0.15) is 24.2 Å². The first kappa shape index (κ1) is 19.4. The number of thiophene rings is 1. The van der Waals surface area contributed by atoms with E-state index in [0.29, 0.717) is 23.5 Å². The third-order valence-electron chi connectivity index (χ3n) is 5.08. The van der Waals surface area contributed by atoms with Crippen LogP contribution in [0.5, 0.6) is 0 Å². The molecule has 3 aromatic heterocycles. The van der Waals surface area contributed by atoms with Gasteiger partial charge in [0, 0.05) is 40.3 Å². The van der Waals surface area contributed by atoms with Crippen molar-refractivity contribution in [3.05, 3.63) is 50.9 Å². The predicted molar refractivity (Wildman–Crippen MR) is 118 cm³/mol. The molecule has 0 aliphatic rings. The van der Waals surface area contributed by atoms with Crippen LogP contribution in [0.15, 0.2) is 39.8 Å². The number of H-pyrrole nitrogens is 2. The molecule has 0 unspecified atom stereocenters. The van der Waals surface area contributed by atoms with Crippen molar-refractivity contribution >= 4 is 39.2 Å².